The number of hydrogen-bond acceptors (Lipinski definition) is 6. The summed E-state index contributed by atoms with van der Waals surface area (Å²) in [5.74, 6) is -0.525. The van der Waals surface area contributed by atoms with Crippen molar-refractivity contribution in [2.24, 2.45) is 0 Å². The number of hydrogen-bond donors (Lipinski definition) is 1. The van der Waals surface area contributed by atoms with Gasteiger partial charge < -0.3 is 13.8 Å². The molecule has 0 saturated heterocycles. The largest absolute Gasteiger partial charge is 0.478 e. The summed E-state index contributed by atoms with van der Waals surface area (Å²) in [7, 11) is -1.23. The van der Waals surface area contributed by atoms with Crippen LogP contribution >= 0.6 is 7.60 Å². The predicted molar refractivity (Wildman–Crippen MR) is 84.7 cm³/mol. The number of nitrogens with one attached hydrogen (secondary N) is 1. The first-order valence-electron chi connectivity index (χ1n) is 6.88. The van der Waals surface area contributed by atoms with Gasteiger partial charge in [0.25, 0.3) is 0 Å². The molecule has 0 amide bonds. The van der Waals surface area contributed by atoms with Gasteiger partial charge in [0.15, 0.2) is 11.7 Å². The molecule has 122 valence electrons. The normalized spacial score (nSPS) is 13.0. The van der Waals surface area contributed by atoms with Crippen molar-refractivity contribution >= 4 is 19.3 Å². The van der Waals surface area contributed by atoms with Gasteiger partial charge in [-0.3, -0.25) is 14.8 Å². The molecule has 0 aliphatic carbocycles. The Labute approximate surface area is 130 Å². The van der Waals surface area contributed by atoms with Crippen LogP contribution in [0.3, 0.4) is 0 Å². The molecule has 0 heterocycles. The van der Waals surface area contributed by atoms with Crippen molar-refractivity contribution in [3.8, 4) is 0 Å². The smallest absolute Gasteiger partial charge is 0.341 e. The van der Waals surface area contributed by atoms with Crippen molar-refractivity contribution in [3.63, 3.8) is 0 Å². The van der Waals surface area contributed by atoms with Crippen LogP contribution in [-0.4, -0.2) is 37.7 Å². The summed E-state index contributed by atoms with van der Waals surface area (Å²) in [4.78, 5) is 12.6. The highest BCUT2D eigenvalue weighted by atomic mass is 31.2. The summed E-state index contributed by atoms with van der Waals surface area (Å²) in [6.45, 7) is 3.55. The van der Waals surface area contributed by atoms with Crippen LogP contribution < -0.4 is 0 Å². The lowest BCUT2D eigenvalue weighted by Gasteiger charge is -2.24. The molecule has 0 saturated carbocycles. The number of carbonyl (C=O) groups excluding carboxylic acids is 1. The maximum Gasteiger partial charge on any atom is 0.341 e. The van der Waals surface area contributed by atoms with Gasteiger partial charge in [-0.15, -0.1) is 0 Å². The minimum atomic E-state index is -3.68. The average molecular weight is 327 g/mol. The van der Waals surface area contributed by atoms with Gasteiger partial charge in [0.05, 0.1) is 6.10 Å². The molecule has 1 aromatic rings. The highest BCUT2D eigenvalue weighted by Crippen LogP contribution is 2.54. The van der Waals surface area contributed by atoms with Crippen LogP contribution in [0.4, 0.5) is 0 Å². The van der Waals surface area contributed by atoms with E-state index in [9.17, 15) is 9.36 Å². The number of ether oxygens (including phenoxy) is 1. The van der Waals surface area contributed by atoms with E-state index in [-0.39, 0.29) is 18.4 Å². The number of rotatable bonds is 8. The van der Waals surface area contributed by atoms with Gasteiger partial charge >= 0.3 is 7.60 Å². The molecule has 6 nitrogen and oxygen atoms in total. The molecule has 1 atom stereocenters. The standard InChI is InChI=1S/C15H22NO5P/c1-11(2)21-14(16)10-13(22(18,19-3)20-4)15(17)12-8-6-5-7-9-12/h5-9,11,13,16H,10H2,1-4H3. The summed E-state index contributed by atoms with van der Waals surface area (Å²) in [6, 6.07) is 8.45. The fraction of sp³-hybridized carbons (Fsp3) is 0.467. The summed E-state index contributed by atoms with van der Waals surface area (Å²) < 4.78 is 27.8. The summed E-state index contributed by atoms with van der Waals surface area (Å²) in [5.41, 5.74) is -0.727. The Morgan fingerprint density at radius 3 is 2.18 bits per heavy atom. The molecule has 7 heteroatoms. The molecule has 0 bridgehead atoms. The molecule has 0 aliphatic rings. The van der Waals surface area contributed by atoms with E-state index in [0.29, 0.717) is 5.56 Å². The quantitative estimate of drug-likeness (QED) is 0.342. The molecule has 0 spiro atoms. The maximum atomic E-state index is 12.7. The second-order valence-electron chi connectivity index (χ2n) is 4.94. The Morgan fingerprint density at radius 2 is 1.73 bits per heavy atom. The van der Waals surface area contributed by atoms with E-state index in [1.807, 2.05) is 0 Å². The first-order valence-corrected chi connectivity index (χ1v) is 8.49. The Kier molecular flexibility index (Phi) is 6.94. The first-order chi connectivity index (χ1) is 10.3. The Balaban J connectivity index is 3.09. The van der Waals surface area contributed by atoms with Gasteiger partial charge in [0.2, 0.25) is 0 Å². The number of Topliss-reactive ketones (excluding diaryl/α,β-unsaturated/α-hetero) is 1. The zero-order valence-electron chi connectivity index (χ0n) is 13.2. The van der Waals surface area contributed by atoms with E-state index >= 15 is 0 Å². The fourth-order valence-corrected chi connectivity index (χ4v) is 3.46. The van der Waals surface area contributed by atoms with Crippen molar-refractivity contribution < 1.29 is 23.1 Å². The molecule has 22 heavy (non-hydrogen) atoms. The van der Waals surface area contributed by atoms with Gasteiger partial charge in [0, 0.05) is 26.2 Å². The van der Waals surface area contributed by atoms with Crippen molar-refractivity contribution in [2.45, 2.75) is 32.0 Å². The molecular weight excluding hydrogens is 305 g/mol. The van der Waals surface area contributed by atoms with Gasteiger partial charge in [-0.1, -0.05) is 30.3 Å². The second-order valence-corrected chi connectivity index (χ2v) is 7.38. The van der Waals surface area contributed by atoms with Crippen molar-refractivity contribution in [3.05, 3.63) is 35.9 Å². The van der Waals surface area contributed by atoms with E-state index in [1.54, 1.807) is 44.2 Å². The minimum Gasteiger partial charge on any atom is -0.478 e. The van der Waals surface area contributed by atoms with E-state index in [0.717, 1.165) is 0 Å². The zero-order valence-corrected chi connectivity index (χ0v) is 14.1. The van der Waals surface area contributed by atoms with Gasteiger partial charge in [-0.25, -0.2) is 0 Å². The van der Waals surface area contributed by atoms with Crippen LogP contribution in [0.5, 0.6) is 0 Å². The summed E-state index contributed by atoms with van der Waals surface area (Å²) in [6.07, 6.45) is -0.352. The topological polar surface area (TPSA) is 85.7 Å². The fourth-order valence-electron chi connectivity index (χ4n) is 1.98. The highest BCUT2D eigenvalue weighted by Gasteiger charge is 2.41. The SMILES string of the molecule is COP(=O)(OC)C(CC(=N)OC(C)C)C(=O)c1ccccc1. The third-order valence-electron chi connectivity index (χ3n) is 3.01. The van der Waals surface area contributed by atoms with Crippen molar-refractivity contribution in [2.75, 3.05) is 14.2 Å². The van der Waals surface area contributed by atoms with Crippen LogP contribution in [0, 0.1) is 5.41 Å². The molecule has 0 radical (unpaired) electrons. The Morgan fingerprint density at radius 1 is 1.18 bits per heavy atom. The first kappa shape index (κ1) is 18.6. The molecule has 0 fully saturated rings. The Hall–Kier alpha value is -1.49. The van der Waals surface area contributed by atoms with E-state index < -0.39 is 19.0 Å². The molecule has 1 rings (SSSR count). The molecule has 1 unspecified atom stereocenters. The van der Waals surface area contributed by atoms with E-state index in [4.69, 9.17) is 19.2 Å². The number of benzene rings is 1. The third kappa shape index (κ3) is 4.77. The van der Waals surface area contributed by atoms with E-state index in [2.05, 4.69) is 0 Å². The minimum absolute atomic E-state index is 0.126. The van der Waals surface area contributed by atoms with Crippen molar-refractivity contribution in [1.29, 1.82) is 5.41 Å². The van der Waals surface area contributed by atoms with Crippen LogP contribution in [0.25, 0.3) is 0 Å². The maximum absolute atomic E-state index is 12.7. The lowest BCUT2D eigenvalue weighted by atomic mass is 10.1. The zero-order chi connectivity index (χ0) is 16.8. The van der Waals surface area contributed by atoms with Crippen LogP contribution in [0.15, 0.2) is 30.3 Å². The number of ketones is 1. The predicted octanol–water partition coefficient (Wildman–Crippen LogP) is 3.52. The summed E-state index contributed by atoms with van der Waals surface area (Å²) >= 11 is 0. The van der Waals surface area contributed by atoms with Gasteiger partial charge in [-0.2, -0.15) is 0 Å². The van der Waals surface area contributed by atoms with Crippen LogP contribution in [0.1, 0.15) is 30.6 Å². The lowest BCUT2D eigenvalue weighted by molar-refractivity contribution is 0.0969. The lowest BCUT2D eigenvalue weighted by Crippen LogP contribution is -2.27. The molecule has 0 aromatic heterocycles. The van der Waals surface area contributed by atoms with Crippen LogP contribution in [-0.2, 0) is 18.3 Å². The average Bonchev–Trinajstić information content (AvgIpc) is 2.51. The van der Waals surface area contributed by atoms with Crippen LogP contribution in [0.2, 0.25) is 0 Å². The van der Waals surface area contributed by atoms with Gasteiger partial charge in [-0.05, 0) is 13.8 Å². The van der Waals surface area contributed by atoms with Gasteiger partial charge in [0.1, 0.15) is 5.66 Å². The second kappa shape index (κ2) is 8.22. The number of carbonyl (C=O) groups is 1. The molecule has 1 N–H and O–H groups in total. The highest BCUT2D eigenvalue weighted by molar-refractivity contribution is 7.55. The molecule has 1 aromatic carbocycles. The van der Waals surface area contributed by atoms with E-state index in [1.165, 1.54) is 14.2 Å². The van der Waals surface area contributed by atoms with Crippen molar-refractivity contribution in [1.82, 2.24) is 0 Å². The summed E-state index contributed by atoms with van der Waals surface area (Å²) in [5, 5.41) is 7.83. The molecule has 0 aliphatic heterocycles. The third-order valence-corrected chi connectivity index (χ3v) is 5.21. The molecular formula is C15H22NO5P. The monoisotopic (exact) mass is 327 g/mol. The Bertz CT molecular complexity index is 550.